The smallest absolute Gasteiger partial charge is 0.0834 e. The number of nitrogens with one attached hydrogen (secondary N) is 1. The highest BCUT2D eigenvalue weighted by molar-refractivity contribution is 7.11. The lowest BCUT2D eigenvalue weighted by Gasteiger charge is -2.37. The molecule has 0 aromatic carbocycles. The maximum absolute atomic E-state index is 6.01. The minimum absolute atomic E-state index is 0.0610. The lowest BCUT2D eigenvalue weighted by molar-refractivity contribution is -0.0352. The van der Waals surface area contributed by atoms with Gasteiger partial charge in [-0.3, -0.25) is 0 Å². The number of methoxy groups -OCH3 is 1. The second-order valence-corrected chi connectivity index (χ2v) is 7.16. The standard InChI is InChI=1S/C17H29NOS/c1-4-12-18-16(17(19-3)10-6-7-11-17)13-15-9-8-14(5-2)20-15/h8-9,16,18H,4-7,10-13H2,1-3H3. The fourth-order valence-corrected chi connectivity index (χ4v) is 4.36. The molecule has 20 heavy (non-hydrogen) atoms. The van der Waals surface area contributed by atoms with E-state index in [0.717, 1.165) is 19.4 Å². The van der Waals surface area contributed by atoms with Crippen LogP contribution in [0.2, 0.25) is 0 Å². The lowest BCUT2D eigenvalue weighted by atomic mass is 9.89. The lowest BCUT2D eigenvalue weighted by Crippen LogP contribution is -2.51. The van der Waals surface area contributed by atoms with Crippen molar-refractivity contribution < 1.29 is 4.74 Å². The van der Waals surface area contributed by atoms with Gasteiger partial charge in [0.1, 0.15) is 0 Å². The van der Waals surface area contributed by atoms with Gasteiger partial charge in [0.25, 0.3) is 0 Å². The van der Waals surface area contributed by atoms with Crippen LogP contribution in [0.15, 0.2) is 12.1 Å². The van der Waals surface area contributed by atoms with Crippen LogP contribution in [0.3, 0.4) is 0 Å². The number of thiophene rings is 1. The maximum Gasteiger partial charge on any atom is 0.0834 e. The van der Waals surface area contributed by atoms with Crippen molar-refractivity contribution >= 4 is 11.3 Å². The number of hydrogen-bond acceptors (Lipinski definition) is 3. The van der Waals surface area contributed by atoms with Gasteiger partial charge in [-0.1, -0.05) is 26.7 Å². The molecule has 1 fully saturated rings. The normalized spacial score (nSPS) is 19.4. The first-order valence-corrected chi connectivity index (χ1v) is 8.92. The zero-order valence-corrected chi connectivity index (χ0v) is 14.0. The van der Waals surface area contributed by atoms with E-state index in [4.69, 9.17) is 4.74 Å². The van der Waals surface area contributed by atoms with E-state index in [9.17, 15) is 0 Å². The van der Waals surface area contributed by atoms with E-state index < -0.39 is 0 Å². The predicted molar refractivity (Wildman–Crippen MR) is 87.7 cm³/mol. The molecule has 0 radical (unpaired) electrons. The van der Waals surface area contributed by atoms with Crippen molar-refractivity contribution in [2.45, 2.75) is 70.4 Å². The highest BCUT2D eigenvalue weighted by Gasteiger charge is 2.41. The fourth-order valence-electron chi connectivity index (χ4n) is 3.35. The summed E-state index contributed by atoms with van der Waals surface area (Å²) < 4.78 is 6.01. The molecular weight excluding hydrogens is 266 g/mol. The van der Waals surface area contributed by atoms with Crippen molar-refractivity contribution in [3.8, 4) is 0 Å². The Kier molecular flexibility index (Phi) is 6.06. The van der Waals surface area contributed by atoms with Crippen molar-refractivity contribution in [2.75, 3.05) is 13.7 Å². The minimum atomic E-state index is 0.0610. The van der Waals surface area contributed by atoms with Gasteiger partial charge >= 0.3 is 0 Å². The molecule has 1 unspecified atom stereocenters. The van der Waals surface area contributed by atoms with Gasteiger partial charge in [0.05, 0.1) is 5.60 Å². The average molecular weight is 295 g/mol. The highest BCUT2D eigenvalue weighted by atomic mass is 32.1. The van der Waals surface area contributed by atoms with Crippen molar-refractivity contribution in [1.29, 1.82) is 0 Å². The maximum atomic E-state index is 6.01. The predicted octanol–water partition coefficient (Wildman–Crippen LogP) is 4.18. The largest absolute Gasteiger partial charge is 0.377 e. The van der Waals surface area contributed by atoms with Crippen LogP contribution >= 0.6 is 11.3 Å². The van der Waals surface area contributed by atoms with Crippen molar-refractivity contribution in [1.82, 2.24) is 5.32 Å². The molecule has 1 aliphatic carbocycles. The summed E-state index contributed by atoms with van der Waals surface area (Å²) in [5.41, 5.74) is 0.0610. The summed E-state index contributed by atoms with van der Waals surface area (Å²) in [5, 5.41) is 3.76. The number of hydrogen-bond donors (Lipinski definition) is 1. The summed E-state index contributed by atoms with van der Waals surface area (Å²) in [6.07, 6.45) is 8.46. The molecule has 3 heteroatoms. The Hall–Kier alpha value is -0.380. The van der Waals surface area contributed by atoms with Gasteiger partial charge in [-0.05, 0) is 50.8 Å². The first-order chi connectivity index (χ1) is 9.74. The Bertz CT molecular complexity index is 395. The van der Waals surface area contributed by atoms with E-state index in [-0.39, 0.29) is 5.60 Å². The van der Waals surface area contributed by atoms with Crippen LogP contribution < -0.4 is 5.32 Å². The molecule has 0 bridgehead atoms. The molecule has 1 aromatic heterocycles. The molecule has 0 saturated heterocycles. The van der Waals surface area contributed by atoms with Crippen LogP contribution in [0.1, 0.15) is 55.7 Å². The van der Waals surface area contributed by atoms with E-state index in [1.807, 2.05) is 18.4 Å². The third-order valence-corrected chi connectivity index (χ3v) is 5.86. The van der Waals surface area contributed by atoms with Crippen LogP contribution in [0, 0.1) is 0 Å². The number of rotatable bonds is 8. The molecule has 1 aromatic rings. The molecule has 0 aliphatic heterocycles. The van der Waals surface area contributed by atoms with Gasteiger partial charge < -0.3 is 10.1 Å². The Balaban J connectivity index is 2.09. The van der Waals surface area contributed by atoms with Crippen LogP contribution in [-0.4, -0.2) is 25.3 Å². The summed E-state index contributed by atoms with van der Waals surface area (Å²) in [6.45, 7) is 5.55. The molecule has 1 atom stereocenters. The Labute approximate surface area is 127 Å². The van der Waals surface area contributed by atoms with Crippen LogP contribution in [-0.2, 0) is 17.6 Å². The third-order valence-electron chi connectivity index (χ3n) is 4.60. The molecule has 1 N–H and O–H groups in total. The molecule has 0 amide bonds. The molecule has 2 rings (SSSR count). The molecule has 1 heterocycles. The molecule has 1 aliphatic rings. The third kappa shape index (κ3) is 3.63. The molecular formula is C17H29NOS. The topological polar surface area (TPSA) is 21.3 Å². The van der Waals surface area contributed by atoms with E-state index in [0.29, 0.717) is 6.04 Å². The van der Waals surface area contributed by atoms with Crippen molar-refractivity contribution in [2.24, 2.45) is 0 Å². The van der Waals surface area contributed by atoms with Crippen LogP contribution in [0.5, 0.6) is 0 Å². The second-order valence-electron chi connectivity index (χ2n) is 5.91. The Morgan fingerprint density at radius 3 is 2.50 bits per heavy atom. The van der Waals surface area contributed by atoms with Gasteiger partial charge in [-0.2, -0.15) is 0 Å². The highest BCUT2D eigenvalue weighted by Crippen LogP contribution is 2.37. The molecule has 0 spiro atoms. The quantitative estimate of drug-likeness (QED) is 0.777. The van der Waals surface area contributed by atoms with Gasteiger partial charge in [-0.25, -0.2) is 0 Å². The average Bonchev–Trinajstić information content (AvgIpc) is 3.12. The van der Waals surface area contributed by atoms with E-state index >= 15 is 0 Å². The van der Waals surface area contributed by atoms with Gasteiger partial charge in [0.15, 0.2) is 0 Å². The van der Waals surface area contributed by atoms with E-state index in [2.05, 4.69) is 31.3 Å². The summed E-state index contributed by atoms with van der Waals surface area (Å²) in [5.74, 6) is 0. The van der Waals surface area contributed by atoms with Crippen molar-refractivity contribution in [3.05, 3.63) is 21.9 Å². The molecule has 114 valence electrons. The zero-order chi connectivity index (χ0) is 14.4. The van der Waals surface area contributed by atoms with Gasteiger partial charge in [0.2, 0.25) is 0 Å². The monoisotopic (exact) mass is 295 g/mol. The first kappa shape index (κ1) is 16.0. The van der Waals surface area contributed by atoms with Gasteiger partial charge in [-0.15, -0.1) is 11.3 Å². The van der Waals surface area contributed by atoms with Crippen LogP contribution in [0.4, 0.5) is 0 Å². The number of aryl methyl sites for hydroxylation is 1. The SMILES string of the molecule is CCCNC(Cc1ccc(CC)s1)C1(OC)CCCC1. The summed E-state index contributed by atoms with van der Waals surface area (Å²) in [7, 11) is 1.90. The van der Waals surface area contributed by atoms with Crippen LogP contribution in [0.25, 0.3) is 0 Å². The van der Waals surface area contributed by atoms with E-state index in [1.54, 1.807) is 0 Å². The summed E-state index contributed by atoms with van der Waals surface area (Å²) in [4.78, 5) is 2.99. The fraction of sp³-hybridized carbons (Fsp3) is 0.765. The first-order valence-electron chi connectivity index (χ1n) is 8.10. The second kappa shape index (κ2) is 7.58. The summed E-state index contributed by atoms with van der Waals surface area (Å²) in [6, 6.07) is 5.05. The molecule has 1 saturated carbocycles. The van der Waals surface area contributed by atoms with Gasteiger partial charge in [0, 0.05) is 22.9 Å². The number of ether oxygens (including phenoxy) is 1. The Morgan fingerprint density at radius 1 is 1.25 bits per heavy atom. The van der Waals surface area contributed by atoms with Crippen molar-refractivity contribution in [3.63, 3.8) is 0 Å². The minimum Gasteiger partial charge on any atom is -0.377 e. The zero-order valence-electron chi connectivity index (χ0n) is 13.2. The van der Waals surface area contributed by atoms with E-state index in [1.165, 1.54) is 41.9 Å². The Morgan fingerprint density at radius 2 is 1.95 bits per heavy atom. The molecule has 2 nitrogen and oxygen atoms in total. The summed E-state index contributed by atoms with van der Waals surface area (Å²) >= 11 is 1.97.